The fraction of sp³-hybridized carbons (Fsp3) is 0.342. The highest BCUT2D eigenvalue weighted by Gasteiger charge is 2.29. The third kappa shape index (κ3) is 8.59. The number of nitriles is 1. The molecule has 1 fully saturated rings. The molecular weight excluding hydrogens is 649 g/mol. The Bertz CT molecular complexity index is 1790. The van der Waals surface area contributed by atoms with E-state index in [0.717, 1.165) is 64.0 Å². The van der Waals surface area contributed by atoms with Gasteiger partial charge in [0.2, 0.25) is 0 Å². The Morgan fingerprint density at radius 3 is 2.50 bits per heavy atom. The SMILES string of the molecule is Cc1c(COc2cc(OCc3cncc(C#N)c3)c(CN3CCCC[C@H]3C(=O)O)cc2Cl)cccc1-c1cccc(OCCCCl)c1C. The molecule has 4 aromatic rings. The summed E-state index contributed by atoms with van der Waals surface area (Å²) in [6, 6.07) is 19.0. The monoisotopic (exact) mass is 687 g/mol. The maximum Gasteiger partial charge on any atom is 0.320 e. The minimum atomic E-state index is -0.832. The van der Waals surface area contributed by atoms with Crippen LogP contribution in [0.4, 0.5) is 0 Å². The number of carboxylic acid groups (broad SMARTS) is 1. The van der Waals surface area contributed by atoms with Crippen molar-refractivity contribution in [2.75, 3.05) is 19.0 Å². The quantitative estimate of drug-likeness (QED) is 0.104. The van der Waals surface area contributed by atoms with Crippen LogP contribution in [0.15, 0.2) is 67.0 Å². The lowest BCUT2D eigenvalue weighted by atomic mass is 9.93. The van der Waals surface area contributed by atoms with Gasteiger partial charge in [-0.05, 0) is 85.7 Å². The van der Waals surface area contributed by atoms with Gasteiger partial charge in [-0.1, -0.05) is 48.4 Å². The van der Waals surface area contributed by atoms with Crippen LogP contribution in [-0.4, -0.2) is 46.0 Å². The Kier molecular flexibility index (Phi) is 12.2. The van der Waals surface area contributed by atoms with Crippen LogP contribution >= 0.6 is 23.2 Å². The number of aromatic nitrogens is 1. The van der Waals surface area contributed by atoms with Crippen molar-refractivity contribution in [3.05, 3.63) is 105 Å². The van der Waals surface area contributed by atoms with Gasteiger partial charge in [0.15, 0.2) is 0 Å². The van der Waals surface area contributed by atoms with E-state index in [9.17, 15) is 15.2 Å². The predicted octanol–water partition coefficient (Wildman–Crippen LogP) is 8.50. The molecule has 1 saturated heterocycles. The van der Waals surface area contributed by atoms with Crippen LogP contribution < -0.4 is 14.2 Å². The lowest BCUT2D eigenvalue weighted by Gasteiger charge is -2.33. The highest BCUT2D eigenvalue weighted by molar-refractivity contribution is 6.32. The fourth-order valence-corrected chi connectivity index (χ4v) is 6.35. The van der Waals surface area contributed by atoms with E-state index in [1.165, 1.54) is 6.20 Å². The average Bonchev–Trinajstić information content (AvgIpc) is 3.09. The molecule has 5 rings (SSSR count). The minimum absolute atomic E-state index is 0.161. The molecule has 2 heterocycles. The van der Waals surface area contributed by atoms with Crippen LogP contribution in [0.1, 0.15) is 59.1 Å². The number of hydrogen-bond acceptors (Lipinski definition) is 7. The second-order valence-corrected chi connectivity index (χ2v) is 12.7. The van der Waals surface area contributed by atoms with Crippen LogP contribution in [-0.2, 0) is 24.6 Å². The van der Waals surface area contributed by atoms with Gasteiger partial charge in [0.05, 0.1) is 17.2 Å². The van der Waals surface area contributed by atoms with E-state index in [4.69, 9.17) is 37.4 Å². The first-order chi connectivity index (χ1) is 23.3. The number of ether oxygens (including phenoxy) is 3. The van der Waals surface area contributed by atoms with Crippen molar-refractivity contribution in [1.29, 1.82) is 5.26 Å². The summed E-state index contributed by atoms with van der Waals surface area (Å²) >= 11 is 12.7. The second-order valence-electron chi connectivity index (χ2n) is 11.9. The van der Waals surface area contributed by atoms with Crippen molar-refractivity contribution in [1.82, 2.24) is 9.88 Å². The Hall–Kier alpha value is -4.29. The maximum atomic E-state index is 12.0. The van der Waals surface area contributed by atoms with E-state index in [-0.39, 0.29) is 13.2 Å². The topological polar surface area (TPSA) is 105 Å². The van der Waals surface area contributed by atoms with Crippen molar-refractivity contribution in [2.45, 2.75) is 65.3 Å². The number of nitrogens with zero attached hydrogens (tertiary/aromatic N) is 3. The number of aliphatic carboxylic acids is 1. The summed E-state index contributed by atoms with van der Waals surface area (Å²) in [5.41, 5.74) is 7.24. The molecule has 0 spiro atoms. The Labute approximate surface area is 291 Å². The third-order valence-electron chi connectivity index (χ3n) is 8.64. The molecule has 1 aliphatic rings. The third-order valence-corrected chi connectivity index (χ3v) is 9.21. The summed E-state index contributed by atoms with van der Waals surface area (Å²) in [6.45, 7) is 6.16. The molecule has 48 heavy (non-hydrogen) atoms. The first-order valence-corrected chi connectivity index (χ1v) is 17.0. The number of pyridine rings is 1. The van der Waals surface area contributed by atoms with Crippen LogP contribution in [0.25, 0.3) is 11.1 Å². The van der Waals surface area contributed by atoms with Crippen molar-refractivity contribution < 1.29 is 24.1 Å². The van der Waals surface area contributed by atoms with Gasteiger partial charge in [-0.15, -0.1) is 11.6 Å². The number of hydrogen-bond donors (Lipinski definition) is 1. The Balaban J connectivity index is 1.40. The fourth-order valence-electron chi connectivity index (χ4n) is 6.00. The highest BCUT2D eigenvalue weighted by Crippen LogP contribution is 2.37. The van der Waals surface area contributed by atoms with E-state index in [2.05, 4.69) is 37.0 Å². The molecule has 1 N–H and O–H groups in total. The number of alkyl halides is 1. The van der Waals surface area contributed by atoms with E-state index in [1.54, 1.807) is 24.4 Å². The van der Waals surface area contributed by atoms with E-state index in [0.29, 0.717) is 54.1 Å². The van der Waals surface area contributed by atoms with Gasteiger partial charge in [-0.3, -0.25) is 14.7 Å². The summed E-state index contributed by atoms with van der Waals surface area (Å²) in [7, 11) is 0. The zero-order valence-electron chi connectivity index (χ0n) is 27.2. The predicted molar refractivity (Wildman–Crippen MR) is 187 cm³/mol. The number of likely N-dealkylation sites (tertiary alicyclic amines) is 1. The molecule has 0 bridgehead atoms. The number of benzene rings is 3. The lowest BCUT2D eigenvalue weighted by molar-refractivity contribution is -0.144. The van der Waals surface area contributed by atoms with E-state index < -0.39 is 12.0 Å². The normalized spacial score (nSPS) is 14.7. The Morgan fingerprint density at radius 2 is 1.73 bits per heavy atom. The van der Waals surface area contributed by atoms with Gasteiger partial charge in [-0.2, -0.15) is 5.26 Å². The van der Waals surface area contributed by atoms with Crippen molar-refractivity contribution >= 4 is 29.2 Å². The van der Waals surface area contributed by atoms with E-state index >= 15 is 0 Å². The molecule has 1 aromatic heterocycles. The Morgan fingerprint density at radius 1 is 0.958 bits per heavy atom. The second kappa shape index (κ2) is 16.7. The zero-order chi connectivity index (χ0) is 34.0. The molecule has 1 aliphatic heterocycles. The van der Waals surface area contributed by atoms with Crippen LogP contribution in [0.5, 0.6) is 17.2 Å². The number of piperidine rings is 1. The number of carbonyl (C=O) groups is 1. The minimum Gasteiger partial charge on any atom is -0.493 e. The first kappa shape index (κ1) is 35.0. The van der Waals surface area contributed by atoms with Crippen molar-refractivity contribution in [3.8, 4) is 34.4 Å². The summed E-state index contributed by atoms with van der Waals surface area (Å²) in [5, 5.41) is 19.6. The molecule has 0 amide bonds. The molecule has 0 radical (unpaired) electrons. The van der Waals surface area contributed by atoms with Gasteiger partial charge in [0, 0.05) is 42.0 Å². The molecule has 0 unspecified atom stereocenters. The zero-order valence-corrected chi connectivity index (χ0v) is 28.7. The molecular formula is C38H39Cl2N3O5. The van der Waals surface area contributed by atoms with Gasteiger partial charge in [-0.25, -0.2) is 0 Å². The van der Waals surface area contributed by atoms with Crippen molar-refractivity contribution in [3.63, 3.8) is 0 Å². The first-order valence-electron chi connectivity index (χ1n) is 16.0. The molecule has 1 atom stereocenters. The molecule has 250 valence electrons. The molecule has 10 heteroatoms. The lowest BCUT2D eigenvalue weighted by Crippen LogP contribution is -2.44. The average molecular weight is 689 g/mol. The summed E-state index contributed by atoms with van der Waals surface area (Å²) in [6.07, 6.45) is 6.32. The van der Waals surface area contributed by atoms with Crippen LogP contribution in [0, 0.1) is 25.2 Å². The highest BCUT2D eigenvalue weighted by atomic mass is 35.5. The van der Waals surface area contributed by atoms with E-state index in [1.807, 2.05) is 29.2 Å². The summed E-state index contributed by atoms with van der Waals surface area (Å²) < 4.78 is 18.6. The number of rotatable bonds is 14. The molecule has 8 nitrogen and oxygen atoms in total. The smallest absolute Gasteiger partial charge is 0.320 e. The van der Waals surface area contributed by atoms with Gasteiger partial charge in [0.25, 0.3) is 0 Å². The van der Waals surface area contributed by atoms with Crippen LogP contribution in [0.3, 0.4) is 0 Å². The largest absolute Gasteiger partial charge is 0.493 e. The van der Waals surface area contributed by atoms with Crippen molar-refractivity contribution in [2.24, 2.45) is 0 Å². The maximum absolute atomic E-state index is 12.0. The van der Waals surface area contributed by atoms with Gasteiger partial charge in [0.1, 0.15) is 42.6 Å². The molecule has 0 aliphatic carbocycles. The molecule has 0 saturated carbocycles. The number of halogens is 2. The summed E-state index contributed by atoms with van der Waals surface area (Å²) in [4.78, 5) is 18.1. The van der Waals surface area contributed by atoms with Gasteiger partial charge < -0.3 is 19.3 Å². The van der Waals surface area contributed by atoms with Crippen LogP contribution in [0.2, 0.25) is 5.02 Å². The van der Waals surface area contributed by atoms with Gasteiger partial charge >= 0.3 is 5.97 Å². The summed E-state index contributed by atoms with van der Waals surface area (Å²) in [5.74, 6) is 1.53. The standard InChI is InChI=1S/C38H39Cl2N3O5/c1-25-29(8-5-9-31(25)32-10-6-12-35(26(32)2)46-15-7-13-39)24-48-37-18-36(47-23-28-16-27(19-41)20-42-21-28)30(17-33(37)40)22-43-14-4-3-11-34(43)38(44)45/h5-6,8-10,12,16-18,20-21,34H,3-4,7,11,13-15,22-24H2,1-2H3,(H,44,45)/t34-/m0/s1. The molecule has 3 aromatic carbocycles. The number of carboxylic acids is 1.